The summed E-state index contributed by atoms with van der Waals surface area (Å²) in [4.78, 5) is 12.3. The zero-order chi connectivity index (χ0) is 15.7. The van der Waals surface area contributed by atoms with Crippen molar-refractivity contribution in [1.82, 2.24) is 5.32 Å². The number of rotatable bonds is 3. The molecule has 0 bridgehead atoms. The van der Waals surface area contributed by atoms with E-state index in [1.54, 1.807) is 6.07 Å². The van der Waals surface area contributed by atoms with Crippen molar-refractivity contribution in [2.24, 2.45) is 0 Å². The zero-order valence-corrected chi connectivity index (χ0v) is 14.2. The number of nitrogens with one attached hydrogen (secondary N) is 1. The molecule has 3 aromatic rings. The lowest BCUT2D eigenvalue weighted by molar-refractivity contribution is 0.0924. The highest BCUT2D eigenvalue weighted by molar-refractivity contribution is 9.10. The molecule has 0 aliphatic rings. The number of halogens is 2. The van der Waals surface area contributed by atoms with Crippen LogP contribution in [0.2, 0.25) is 5.02 Å². The SMILES string of the molecule is Cc1c(C(=O)NCc2cccc(Cl)c2)oc2ccc(Br)cc12. The van der Waals surface area contributed by atoms with Crippen molar-refractivity contribution in [3.63, 3.8) is 0 Å². The number of fused-ring (bicyclic) bond motifs is 1. The Kier molecular flexibility index (Phi) is 4.23. The molecule has 5 heteroatoms. The molecular formula is C17H13BrClNO2. The fourth-order valence-corrected chi connectivity index (χ4v) is 2.89. The van der Waals surface area contributed by atoms with E-state index in [-0.39, 0.29) is 5.91 Å². The van der Waals surface area contributed by atoms with Crippen LogP contribution in [-0.4, -0.2) is 5.91 Å². The maximum absolute atomic E-state index is 12.3. The summed E-state index contributed by atoms with van der Waals surface area (Å²) in [7, 11) is 0. The van der Waals surface area contributed by atoms with Gasteiger partial charge in [0.15, 0.2) is 5.76 Å². The van der Waals surface area contributed by atoms with Crippen LogP contribution in [0.25, 0.3) is 11.0 Å². The van der Waals surface area contributed by atoms with Crippen molar-refractivity contribution in [3.05, 3.63) is 68.8 Å². The smallest absolute Gasteiger partial charge is 0.287 e. The third-order valence-electron chi connectivity index (χ3n) is 3.45. The number of benzene rings is 2. The van der Waals surface area contributed by atoms with E-state index in [0.29, 0.717) is 22.9 Å². The molecule has 22 heavy (non-hydrogen) atoms. The standard InChI is InChI=1S/C17H13BrClNO2/c1-10-14-8-12(18)5-6-15(14)22-16(10)17(21)20-9-11-3-2-4-13(19)7-11/h2-8H,9H2,1H3,(H,20,21). The molecule has 1 amide bonds. The summed E-state index contributed by atoms with van der Waals surface area (Å²) in [6.07, 6.45) is 0. The number of hydrogen-bond donors (Lipinski definition) is 1. The quantitative estimate of drug-likeness (QED) is 0.690. The van der Waals surface area contributed by atoms with Crippen molar-refractivity contribution in [1.29, 1.82) is 0 Å². The number of aryl methyl sites for hydroxylation is 1. The summed E-state index contributed by atoms with van der Waals surface area (Å²) in [5, 5.41) is 4.44. The maximum atomic E-state index is 12.3. The Morgan fingerprint density at radius 3 is 2.86 bits per heavy atom. The highest BCUT2D eigenvalue weighted by Gasteiger charge is 2.17. The first kappa shape index (κ1) is 15.1. The molecule has 0 saturated heterocycles. The summed E-state index contributed by atoms with van der Waals surface area (Å²) in [5.41, 5.74) is 2.48. The van der Waals surface area contributed by atoms with E-state index in [1.807, 2.05) is 43.3 Å². The Morgan fingerprint density at radius 2 is 2.09 bits per heavy atom. The van der Waals surface area contributed by atoms with E-state index in [0.717, 1.165) is 21.0 Å². The molecule has 0 aliphatic carbocycles. The Balaban J connectivity index is 1.82. The number of amides is 1. The predicted molar refractivity (Wildman–Crippen MR) is 91.3 cm³/mol. The highest BCUT2D eigenvalue weighted by atomic mass is 79.9. The Labute approximate surface area is 141 Å². The van der Waals surface area contributed by atoms with Gasteiger partial charge in [-0.3, -0.25) is 4.79 Å². The second-order valence-corrected chi connectivity index (χ2v) is 6.36. The molecule has 0 spiro atoms. The summed E-state index contributed by atoms with van der Waals surface area (Å²) in [5.74, 6) is 0.111. The van der Waals surface area contributed by atoms with Crippen LogP contribution < -0.4 is 5.32 Å². The first-order valence-corrected chi connectivity index (χ1v) is 7.93. The molecule has 112 valence electrons. The Morgan fingerprint density at radius 1 is 1.27 bits per heavy atom. The highest BCUT2D eigenvalue weighted by Crippen LogP contribution is 2.28. The molecule has 0 unspecified atom stereocenters. The molecular weight excluding hydrogens is 366 g/mol. The minimum atomic E-state index is -0.232. The number of furan rings is 1. The molecule has 0 radical (unpaired) electrons. The lowest BCUT2D eigenvalue weighted by atomic mass is 10.1. The molecule has 1 heterocycles. The van der Waals surface area contributed by atoms with Crippen LogP contribution in [0.3, 0.4) is 0 Å². The van der Waals surface area contributed by atoms with Crippen LogP contribution in [-0.2, 0) is 6.54 Å². The van der Waals surface area contributed by atoms with Crippen LogP contribution in [0.4, 0.5) is 0 Å². The minimum Gasteiger partial charge on any atom is -0.451 e. The summed E-state index contributed by atoms with van der Waals surface area (Å²) < 4.78 is 6.62. The number of carbonyl (C=O) groups is 1. The second-order valence-electron chi connectivity index (χ2n) is 5.01. The van der Waals surface area contributed by atoms with E-state index in [1.165, 1.54) is 0 Å². The summed E-state index contributed by atoms with van der Waals surface area (Å²) >= 11 is 9.36. The van der Waals surface area contributed by atoms with Gasteiger partial charge in [-0.25, -0.2) is 0 Å². The van der Waals surface area contributed by atoms with Crippen LogP contribution >= 0.6 is 27.5 Å². The van der Waals surface area contributed by atoms with Gasteiger partial charge in [0.2, 0.25) is 0 Å². The van der Waals surface area contributed by atoms with Gasteiger partial charge in [0.05, 0.1) is 0 Å². The van der Waals surface area contributed by atoms with Crippen LogP contribution in [0, 0.1) is 6.92 Å². The molecule has 0 saturated carbocycles. The third-order valence-corrected chi connectivity index (χ3v) is 4.17. The van der Waals surface area contributed by atoms with Crippen LogP contribution in [0.5, 0.6) is 0 Å². The fourth-order valence-electron chi connectivity index (χ4n) is 2.32. The molecule has 1 N–H and O–H groups in total. The fraction of sp³-hybridized carbons (Fsp3) is 0.118. The van der Waals surface area contributed by atoms with Crippen molar-refractivity contribution in [3.8, 4) is 0 Å². The lowest BCUT2D eigenvalue weighted by Gasteiger charge is -2.04. The first-order chi connectivity index (χ1) is 10.5. The Bertz CT molecular complexity index is 857. The second kappa shape index (κ2) is 6.15. The molecule has 0 aliphatic heterocycles. The van der Waals surface area contributed by atoms with Gasteiger partial charge in [-0.1, -0.05) is 39.7 Å². The molecule has 0 fully saturated rings. The van der Waals surface area contributed by atoms with E-state index >= 15 is 0 Å². The van der Waals surface area contributed by atoms with Crippen molar-refractivity contribution in [2.75, 3.05) is 0 Å². The maximum Gasteiger partial charge on any atom is 0.287 e. The predicted octanol–water partition coefficient (Wildman–Crippen LogP) is 5.09. The average molecular weight is 379 g/mol. The van der Waals surface area contributed by atoms with Gasteiger partial charge >= 0.3 is 0 Å². The van der Waals surface area contributed by atoms with Crippen LogP contribution in [0.15, 0.2) is 51.4 Å². The van der Waals surface area contributed by atoms with Gasteiger partial charge in [-0.15, -0.1) is 0 Å². The van der Waals surface area contributed by atoms with Gasteiger partial charge in [0.1, 0.15) is 5.58 Å². The van der Waals surface area contributed by atoms with Gasteiger partial charge < -0.3 is 9.73 Å². The summed E-state index contributed by atoms with van der Waals surface area (Å²) in [6, 6.07) is 13.1. The third kappa shape index (κ3) is 3.03. The Hall–Kier alpha value is -1.78. The zero-order valence-electron chi connectivity index (χ0n) is 11.8. The average Bonchev–Trinajstić information content (AvgIpc) is 2.82. The largest absolute Gasteiger partial charge is 0.451 e. The van der Waals surface area contributed by atoms with E-state index < -0.39 is 0 Å². The molecule has 3 nitrogen and oxygen atoms in total. The first-order valence-electron chi connectivity index (χ1n) is 6.76. The minimum absolute atomic E-state index is 0.232. The van der Waals surface area contributed by atoms with Crippen molar-refractivity contribution in [2.45, 2.75) is 13.5 Å². The number of hydrogen-bond acceptors (Lipinski definition) is 2. The van der Waals surface area contributed by atoms with Crippen molar-refractivity contribution < 1.29 is 9.21 Å². The normalized spacial score (nSPS) is 10.9. The molecule has 3 rings (SSSR count). The monoisotopic (exact) mass is 377 g/mol. The van der Waals surface area contributed by atoms with Gasteiger partial charge in [0, 0.05) is 27.0 Å². The lowest BCUT2D eigenvalue weighted by Crippen LogP contribution is -2.22. The number of carbonyl (C=O) groups excluding carboxylic acids is 1. The van der Waals surface area contributed by atoms with E-state index in [4.69, 9.17) is 16.0 Å². The van der Waals surface area contributed by atoms with E-state index in [9.17, 15) is 4.79 Å². The van der Waals surface area contributed by atoms with Gasteiger partial charge in [-0.2, -0.15) is 0 Å². The molecule has 1 aromatic heterocycles. The molecule has 0 atom stereocenters. The van der Waals surface area contributed by atoms with Gasteiger partial charge in [0.25, 0.3) is 5.91 Å². The van der Waals surface area contributed by atoms with Crippen LogP contribution in [0.1, 0.15) is 21.7 Å². The molecule has 2 aromatic carbocycles. The van der Waals surface area contributed by atoms with Crippen molar-refractivity contribution >= 4 is 44.4 Å². The van der Waals surface area contributed by atoms with E-state index in [2.05, 4.69) is 21.2 Å². The summed E-state index contributed by atoms with van der Waals surface area (Å²) in [6.45, 7) is 2.28. The topological polar surface area (TPSA) is 42.2 Å². The van der Waals surface area contributed by atoms with Gasteiger partial charge in [-0.05, 0) is 42.8 Å².